The second kappa shape index (κ2) is 6.12. The van der Waals surface area contributed by atoms with Crippen LogP contribution in [0.1, 0.15) is 40.2 Å². The summed E-state index contributed by atoms with van der Waals surface area (Å²) in [5.74, 6) is 1.44. The first-order chi connectivity index (χ1) is 9.86. The summed E-state index contributed by atoms with van der Waals surface area (Å²) in [5, 5.41) is 6.62. The number of nitrogens with one attached hydrogen (secondary N) is 2. The van der Waals surface area contributed by atoms with Gasteiger partial charge in [-0.05, 0) is 37.0 Å². The van der Waals surface area contributed by atoms with Gasteiger partial charge in [-0.1, -0.05) is 39.0 Å². The van der Waals surface area contributed by atoms with Gasteiger partial charge >= 0.3 is 0 Å². The number of nitrogens with zero attached hydrogens (tertiary/aromatic N) is 2. The highest BCUT2D eigenvalue weighted by Crippen LogP contribution is 2.30. The van der Waals surface area contributed by atoms with Gasteiger partial charge in [0.15, 0.2) is 0 Å². The summed E-state index contributed by atoms with van der Waals surface area (Å²) in [6, 6.07) is 10.5. The highest BCUT2D eigenvalue weighted by molar-refractivity contribution is 5.61. The monoisotopic (exact) mass is 284 g/mol. The van der Waals surface area contributed by atoms with Crippen LogP contribution >= 0.6 is 0 Å². The van der Waals surface area contributed by atoms with Gasteiger partial charge in [-0.25, -0.2) is 4.98 Å². The first kappa shape index (κ1) is 15.3. The molecule has 21 heavy (non-hydrogen) atoms. The Morgan fingerprint density at radius 2 is 1.76 bits per heavy atom. The summed E-state index contributed by atoms with van der Waals surface area (Å²) < 4.78 is 0. The average Bonchev–Trinajstić information content (AvgIpc) is 2.37. The van der Waals surface area contributed by atoms with Crippen LogP contribution in [0.25, 0.3) is 0 Å². The Morgan fingerprint density at radius 3 is 2.43 bits per heavy atom. The summed E-state index contributed by atoms with van der Waals surface area (Å²) in [6.07, 6.45) is 1.76. The molecule has 0 spiro atoms. The van der Waals surface area contributed by atoms with Gasteiger partial charge in [-0.3, -0.25) is 0 Å². The molecule has 1 aromatic carbocycles. The molecular weight excluding hydrogens is 260 g/mol. The van der Waals surface area contributed by atoms with E-state index in [0.717, 1.165) is 11.5 Å². The Kier molecular flexibility index (Phi) is 4.46. The predicted molar refractivity (Wildman–Crippen MR) is 89.2 cm³/mol. The van der Waals surface area contributed by atoms with E-state index in [1.54, 1.807) is 6.20 Å². The molecule has 4 heteroatoms. The van der Waals surface area contributed by atoms with Crippen molar-refractivity contribution < 1.29 is 0 Å². The fourth-order valence-electron chi connectivity index (χ4n) is 2.16. The Hall–Kier alpha value is -2.10. The molecule has 1 aromatic heterocycles. The highest BCUT2D eigenvalue weighted by atomic mass is 15.1. The third-order valence-corrected chi connectivity index (χ3v) is 3.07. The molecule has 2 rings (SSSR count). The van der Waals surface area contributed by atoms with Crippen LogP contribution in [0.4, 0.5) is 17.5 Å². The zero-order chi connectivity index (χ0) is 15.5. The van der Waals surface area contributed by atoms with Crippen LogP contribution in [0.15, 0.2) is 36.5 Å². The molecule has 112 valence electrons. The van der Waals surface area contributed by atoms with E-state index in [-0.39, 0.29) is 5.41 Å². The lowest BCUT2D eigenvalue weighted by molar-refractivity contribution is 0.592. The number of hydrogen-bond donors (Lipinski definition) is 2. The van der Waals surface area contributed by atoms with Crippen LogP contribution in [0.5, 0.6) is 0 Å². The molecule has 1 heterocycles. The molecule has 2 N–H and O–H groups in total. The van der Waals surface area contributed by atoms with Crippen molar-refractivity contribution in [3.8, 4) is 0 Å². The first-order valence-corrected chi connectivity index (χ1v) is 7.32. The van der Waals surface area contributed by atoms with Gasteiger partial charge in [0.25, 0.3) is 0 Å². The summed E-state index contributed by atoms with van der Waals surface area (Å²) in [6.45, 7) is 10.8. The third kappa shape index (κ3) is 4.18. The van der Waals surface area contributed by atoms with E-state index in [1.807, 2.05) is 12.1 Å². The summed E-state index contributed by atoms with van der Waals surface area (Å²) >= 11 is 0. The van der Waals surface area contributed by atoms with Crippen LogP contribution in [0, 0.1) is 0 Å². The summed E-state index contributed by atoms with van der Waals surface area (Å²) in [4.78, 5) is 8.80. The van der Waals surface area contributed by atoms with Crippen LogP contribution in [-0.4, -0.2) is 16.0 Å². The SMILES string of the molecule is CC(C)Nc1ccnc(Nc2ccccc2C(C)(C)C)n1. The van der Waals surface area contributed by atoms with E-state index in [9.17, 15) is 0 Å². The van der Waals surface area contributed by atoms with Crippen molar-refractivity contribution in [3.63, 3.8) is 0 Å². The molecule has 0 amide bonds. The molecule has 4 nitrogen and oxygen atoms in total. The minimum Gasteiger partial charge on any atom is -0.368 e. The zero-order valence-electron chi connectivity index (χ0n) is 13.4. The molecule has 0 aliphatic carbocycles. The normalized spacial score (nSPS) is 11.5. The quantitative estimate of drug-likeness (QED) is 0.877. The molecular formula is C17H24N4. The van der Waals surface area contributed by atoms with Gasteiger partial charge in [-0.15, -0.1) is 0 Å². The Morgan fingerprint density at radius 1 is 1.05 bits per heavy atom. The van der Waals surface area contributed by atoms with E-state index in [4.69, 9.17) is 0 Å². The standard InChI is InChI=1S/C17H24N4/c1-12(2)19-15-10-11-18-16(21-15)20-14-9-7-6-8-13(14)17(3,4)5/h6-12H,1-5H3,(H2,18,19,20,21). The molecule has 0 radical (unpaired) electrons. The average molecular weight is 284 g/mol. The minimum atomic E-state index is 0.0669. The van der Waals surface area contributed by atoms with Crippen LogP contribution in [-0.2, 0) is 5.41 Å². The number of para-hydroxylation sites is 1. The predicted octanol–water partition coefficient (Wildman–Crippen LogP) is 4.34. The number of aromatic nitrogens is 2. The van der Waals surface area contributed by atoms with Gasteiger partial charge in [0, 0.05) is 17.9 Å². The molecule has 0 aliphatic rings. The van der Waals surface area contributed by atoms with Crippen LogP contribution in [0.2, 0.25) is 0 Å². The molecule has 0 saturated heterocycles. The second-order valence-electron chi connectivity index (χ2n) is 6.49. The molecule has 0 saturated carbocycles. The Labute approximate surface area is 127 Å². The van der Waals surface area contributed by atoms with Crippen molar-refractivity contribution in [3.05, 3.63) is 42.1 Å². The van der Waals surface area contributed by atoms with Crippen molar-refractivity contribution in [1.29, 1.82) is 0 Å². The van der Waals surface area contributed by atoms with E-state index in [2.05, 4.69) is 73.4 Å². The molecule has 0 atom stereocenters. The van der Waals surface area contributed by atoms with Gasteiger partial charge < -0.3 is 10.6 Å². The largest absolute Gasteiger partial charge is 0.368 e. The molecule has 0 fully saturated rings. The Bertz CT molecular complexity index is 600. The van der Waals surface area contributed by atoms with Crippen molar-refractivity contribution >= 4 is 17.5 Å². The molecule has 0 aliphatic heterocycles. The molecule has 2 aromatic rings. The van der Waals surface area contributed by atoms with Crippen molar-refractivity contribution in [2.24, 2.45) is 0 Å². The lowest BCUT2D eigenvalue weighted by atomic mass is 9.86. The number of hydrogen-bond acceptors (Lipinski definition) is 4. The van der Waals surface area contributed by atoms with Gasteiger partial charge in [0.05, 0.1) is 0 Å². The Balaban J connectivity index is 2.27. The minimum absolute atomic E-state index is 0.0669. The van der Waals surface area contributed by atoms with Crippen molar-refractivity contribution in [1.82, 2.24) is 9.97 Å². The number of anilines is 3. The lowest BCUT2D eigenvalue weighted by Gasteiger charge is -2.23. The first-order valence-electron chi connectivity index (χ1n) is 7.32. The second-order valence-corrected chi connectivity index (χ2v) is 6.49. The van der Waals surface area contributed by atoms with Gasteiger partial charge in [0.1, 0.15) is 5.82 Å². The third-order valence-electron chi connectivity index (χ3n) is 3.07. The maximum absolute atomic E-state index is 4.50. The van der Waals surface area contributed by atoms with E-state index in [1.165, 1.54) is 5.56 Å². The van der Waals surface area contributed by atoms with Gasteiger partial charge in [-0.2, -0.15) is 4.98 Å². The molecule has 0 unspecified atom stereocenters. The van der Waals surface area contributed by atoms with Crippen LogP contribution in [0.3, 0.4) is 0 Å². The van der Waals surface area contributed by atoms with E-state index in [0.29, 0.717) is 12.0 Å². The van der Waals surface area contributed by atoms with Crippen LogP contribution < -0.4 is 10.6 Å². The number of benzene rings is 1. The highest BCUT2D eigenvalue weighted by Gasteiger charge is 2.17. The molecule has 0 bridgehead atoms. The fourth-order valence-corrected chi connectivity index (χ4v) is 2.16. The summed E-state index contributed by atoms with van der Waals surface area (Å²) in [7, 11) is 0. The van der Waals surface area contributed by atoms with E-state index < -0.39 is 0 Å². The lowest BCUT2D eigenvalue weighted by Crippen LogP contribution is -2.15. The maximum atomic E-state index is 4.50. The topological polar surface area (TPSA) is 49.8 Å². The van der Waals surface area contributed by atoms with Crippen molar-refractivity contribution in [2.45, 2.75) is 46.1 Å². The maximum Gasteiger partial charge on any atom is 0.229 e. The summed E-state index contributed by atoms with van der Waals surface area (Å²) in [5.41, 5.74) is 2.36. The van der Waals surface area contributed by atoms with E-state index >= 15 is 0 Å². The number of rotatable bonds is 4. The fraction of sp³-hybridized carbons (Fsp3) is 0.412. The van der Waals surface area contributed by atoms with Crippen molar-refractivity contribution in [2.75, 3.05) is 10.6 Å². The smallest absolute Gasteiger partial charge is 0.229 e. The van der Waals surface area contributed by atoms with Gasteiger partial charge in [0.2, 0.25) is 5.95 Å². The zero-order valence-corrected chi connectivity index (χ0v) is 13.4.